The minimum atomic E-state index is -4.61. The molecule has 1 aromatic heterocycles. The number of hydrogen-bond donors (Lipinski definition) is 1. The Balaban J connectivity index is 1.49. The number of nitrogens with zero attached hydrogens (tertiary/aromatic N) is 4. The molecule has 1 saturated heterocycles. The highest BCUT2D eigenvalue weighted by Gasteiger charge is 2.41. The Kier molecular flexibility index (Phi) is 6.31. The number of benzene rings is 1. The molecule has 178 valence electrons. The summed E-state index contributed by atoms with van der Waals surface area (Å²) in [6.45, 7) is 0.972. The van der Waals surface area contributed by atoms with E-state index >= 15 is 0 Å². The molecule has 0 bridgehead atoms. The van der Waals surface area contributed by atoms with Gasteiger partial charge < -0.3 is 14.9 Å². The van der Waals surface area contributed by atoms with Gasteiger partial charge in [-0.2, -0.15) is 18.3 Å². The van der Waals surface area contributed by atoms with E-state index in [0.29, 0.717) is 37.2 Å². The molecule has 0 radical (unpaired) electrons. The lowest BCUT2D eigenvalue weighted by atomic mass is 9.92. The second-order valence-corrected chi connectivity index (χ2v) is 8.54. The van der Waals surface area contributed by atoms with Gasteiger partial charge >= 0.3 is 12.3 Å². The van der Waals surface area contributed by atoms with Gasteiger partial charge in [0, 0.05) is 31.6 Å². The quantitative estimate of drug-likeness (QED) is 0.694. The first-order valence-electron chi connectivity index (χ1n) is 10.8. The SMILES string of the molecule is O=C(O)N1CCC(CC(=O)N2CCc3c(C(F)(F)F)nn(Cc4ccc(F)cc4)c3C2)CC1. The summed E-state index contributed by atoms with van der Waals surface area (Å²) >= 11 is 0. The maximum atomic E-state index is 13.6. The zero-order valence-corrected chi connectivity index (χ0v) is 17.8. The topological polar surface area (TPSA) is 78.7 Å². The molecule has 33 heavy (non-hydrogen) atoms. The third-order valence-electron chi connectivity index (χ3n) is 6.35. The van der Waals surface area contributed by atoms with Gasteiger partial charge in [0.25, 0.3) is 0 Å². The number of piperidine rings is 1. The standard InChI is InChI=1S/C22H24F4N4O3/c23-16-3-1-15(2-4-16)12-30-18-13-29(10-7-17(18)20(27-30)22(24,25)26)19(31)11-14-5-8-28(9-6-14)21(32)33/h1-4,14H,5-13H2,(H,32,33). The van der Waals surface area contributed by atoms with E-state index in [1.807, 2.05) is 0 Å². The molecule has 3 heterocycles. The van der Waals surface area contributed by atoms with Crippen molar-refractivity contribution >= 4 is 12.0 Å². The summed E-state index contributed by atoms with van der Waals surface area (Å²) in [5.74, 6) is -0.551. The van der Waals surface area contributed by atoms with Gasteiger partial charge in [0.1, 0.15) is 5.82 Å². The highest BCUT2D eigenvalue weighted by Crippen LogP contribution is 2.35. The van der Waals surface area contributed by atoms with E-state index in [-0.39, 0.29) is 49.9 Å². The predicted molar refractivity (Wildman–Crippen MR) is 109 cm³/mol. The predicted octanol–water partition coefficient (Wildman–Crippen LogP) is 3.75. The molecule has 2 aromatic rings. The zero-order valence-electron chi connectivity index (χ0n) is 17.8. The molecule has 1 fully saturated rings. The zero-order chi connectivity index (χ0) is 23.8. The van der Waals surface area contributed by atoms with Crippen LogP contribution in [0.4, 0.5) is 22.4 Å². The van der Waals surface area contributed by atoms with Crippen molar-refractivity contribution in [1.29, 1.82) is 0 Å². The molecule has 0 spiro atoms. The van der Waals surface area contributed by atoms with Crippen LogP contribution in [0, 0.1) is 11.7 Å². The number of aromatic nitrogens is 2. The number of amides is 2. The van der Waals surface area contributed by atoms with Crippen LogP contribution in [0.2, 0.25) is 0 Å². The first kappa shape index (κ1) is 23.1. The van der Waals surface area contributed by atoms with Crippen LogP contribution in [0.15, 0.2) is 24.3 Å². The van der Waals surface area contributed by atoms with Crippen molar-refractivity contribution in [3.05, 3.63) is 52.6 Å². The normalized spacial score (nSPS) is 17.2. The number of likely N-dealkylation sites (tertiary alicyclic amines) is 1. The second kappa shape index (κ2) is 9.03. The van der Waals surface area contributed by atoms with Crippen LogP contribution < -0.4 is 0 Å². The van der Waals surface area contributed by atoms with Gasteiger partial charge in [0.2, 0.25) is 5.91 Å². The molecule has 0 atom stereocenters. The number of halogens is 4. The minimum Gasteiger partial charge on any atom is -0.465 e. The van der Waals surface area contributed by atoms with Crippen molar-refractivity contribution in [2.75, 3.05) is 19.6 Å². The smallest absolute Gasteiger partial charge is 0.435 e. The molecule has 2 amide bonds. The van der Waals surface area contributed by atoms with E-state index < -0.39 is 23.8 Å². The maximum Gasteiger partial charge on any atom is 0.435 e. The summed E-state index contributed by atoms with van der Waals surface area (Å²) < 4.78 is 55.2. The number of carboxylic acid groups (broad SMARTS) is 1. The van der Waals surface area contributed by atoms with Crippen LogP contribution in [-0.2, 0) is 30.5 Å². The lowest BCUT2D eigenvalue weighted by molar-refractivity contribution is -0.142. The Morgan fingerprint density at radius 2 is 1.73 bits per heavy atom. The first-order chi connectivity index (χ1) is 15.6. The molecule has 4 rings (SSSR count). The fraction of sp³-hybridized carbons (Fsp3) is 0.500. The van der Waals surface area contributed by atoms with Gasteiger partial charge in [-0.1, -0.05) is 12.1 Å². The highest BCUT2D eigenvalue weighted by atomic mass is 19.4. The van der Waals surface area contributed by atoms with Crippen LogP contribution >= 0.6 is 0 Å². The molecule has 0 unspecified atom stereocenters. The minimum absolute atomic E-state index is 0.0203. The fourth-order valence-electron chi connectivity index (χ4n) is 4.52. The Morgan fingerprint density at radius 3 is 2.33 bits per heavy atom. The summed E-state index contributed by atoms with van der Waals surface area (Å²) in [4.78, 5) is 26.8. The monoisotopic (exact) mass is 468 g/mol. The van der Waals surface area contributed by atoms with Gasteiger partial charge in [-0.15, -0.1) is 0 Å². The molecule has 0 saturated carbocycles. The van der Waals surface area contributed by atoms with E-state index in [1.54, 1.807) is 4.90 Å². The lowest BCUT2D eigenvalue weighted by Crippen LogP contribution is -2.41. The number of fused-ring (bicyclic) bond motifs is 1. The summed E-state index contributed by atoms with van der Waals surface area (Å²) in [5, 5.41) is 12.9. The average molecular weight is 468 g/mol. The van der Waals surface area contributed by atoms with Crippen molar-refractivity contribution in [1.82, 2.24) is 19.6 Å². The van der Waals surface area contributed by atoms with E-state index in [9.17, 15) is 27.2 Å². The average Bonchev–Trinajstić information content (AvgIpc) is 3.14. The van der Waals surface area contributed by atoms with E-state index in [1.165, 1.54) is 33.8 Å². The lowest BCUT2D eigenvalue weighted by Gasteiger charge is -2.32. The highest BCUT2D eigenvalue weighted by molar-refractivity contribution is 5.77. The van der Waals surface area contributed by atoms with Gasteiger partial charge in [-0.25, -0.2) is 9.18 Å². The van der Waals surface area contributed by atoms with E-state index in [0.717, 1.165) is 0 Å². The van der Waals surface area contributed by atoms with Crippen molar-refractivity contribution in [3.8, 4) is 0 Å². The van der Waals surface area contributed by atoms with Crippen LogP contribution in [0.1, 0.15) is 41.8 Å². The molecule has 0 aliphatic carbocycles. The van der Waals surface area contributed by atoms with Crippen molar-refractivity contribution in [2.45, 2.75) is 44.9 Å². The van der Waals surface area contributed by atoms with Crippen molar-refractivity contribution in [3.63, 3.8) is 0 Å². The third kappa shape index (κ3) is 5.12. The Morgan fingerprint density at radius 1 is 1.06 bits per heavy atom. The van der Waals surface area contributed by atoms with Crippen LogP contribution in [0.25, 0.3) is 0 Å². The largest absolute Gasteiger partial charge is 0.465 e. The third-order valence-corrected chi connectivity index (χ3v) is 6.35. The van der Waals surface area contributed by atoms with Gasteiger partial charge in [0.15, 0.2) is 5.69 Å². The number of hydrogen-bond acceptors (Lipinski definition) is 3. The molecule has 2 aliphatic rings. The Labute approximate surface area is 187 Å². The Hall–Kier alpha value is -3.11. The summed E-state index contributed by atoms with van der Waals surface area (Å²) in [5.41, 5.74) is 0.104. The van der Waals surface area contributed by atoms with Gasteiger partial charge in [0.05, 0.1) is 18.8 Å². The number of rotatable bonds is 4. The number of carbonyl (C=O) groups excluding carboxylic acids is 1. The van der Waals surface area contributed by atoms with Gasteiger partial charge in [-0.05, 0) is 42.9 Å². The van der Waals surface area contributed by atoms with Crippen LogP contribution in [0.3, 0.4) is 0 Å². The fourth-order valence-corrected chi connectivity index (χ4v) is 4.52. The first-order valence-corrected chi connectivity index (χ1v) is 10.8. The summed E-state index contributed by atoms with van der Waals surface area (Å²) in [6, 6.07) is 5.46. The van der Waals surface area contributed by atoms with Crippen molar-refractivity contribution in [2.24, 2.45) is 5.92 Å². The molecular weight excluding hydrogens is 444 g/mol. The van der Waals surface area contributed by atoms with E-state index in [4.69, 9.17) is 5.11 Å². The number of carbonyl (C=O) groups is 2. The Bertz CT molecular complexity index is 1030. The molecular formula is C22H24F4N4O3. The summed E-state index contributed by atoms with van der Waals surface area (Å²) in [7, 11) is 0. The van der Waals surface area contributed by atoms with E-state index in [2.05, 4.69) is 5.10 Å². The second-order valence-electron chi connectivity index (χ2n) is 8.54. The summed E-state index contributed by atoms with van der Waals surface area (Å²) in [6.07, 6.45) is -4.13. The molecule has 7 nitrogen and oxygen atoms in total. The van der Waals surface area contributed by atoms with Gasteiger partial charge in [-0.3, -0.25) is 9.48 Å². The van der Waals surface area contributed by atoms with Crippen LogP contribution in [-0.4, -0.2) is 56.3 Å². The molecule has 11 heteroatoms. The molecule has 2 aliphatic heterocycles. The number of alkyl halides is 3. The van der Waals surface area contributed by atoms with Crippen LogP contribution in [0.5, 0.6) is 0 Å². The molecule has 1 aromatic carbocycles. The molecule has 1 N–H and O–H groups in total. The maximum absolute atomic E-state index is 13.6. The van der Waals surface area contributed by atoms with Crippen molar-refractivity contribution < 1.29 is 32.3 Å².